The third-order valence-corrected chi connectivity index (χ3v) is 8.78. The molecule has 40 heavy (non-hydrogen) atoms. The molecule has 1 aliphatic rings. The van der Waals surface area contributed by atoms with Crippen LogP contribution in [0.2, 0.25) is 0 Å². The van der Waals surface area contributed by atoms with Crippen molar-refractivity contribution in [2.45, 2.75) is 38.5 Å². The molecule has 0 saturated heterocycles. The number of hydrogen-bond acceptors (Lipinski definition) is 4. The number of carbonyl (C=O) groups is 1. The number of fused-ring (bicyclic) bond motifs is 2. The van der Waals surface area contributed by atoms with Crippen LogP contribution in [0.3, 0.4) is 0 Å². The summed E-state index contributed by atoms with van der Waals surface area (Å²) in [7, 11) is 0. The molecule has 0 bridgehead atoms. The summed E-state index contributed by atoms with van der Waals surface area (Å²) in [6.07, 6.45) is 10.1. The minimum absolute atomic E-state index is 0.0573. The van der Waals surface area contributed by atoms with E-state index in [0.717, 1.165) is 78.9 Å². The maximum atomic E-state index is 13.7. The van der Waals surface area contributed by atoms with Crippen molar-refractivity contribution < 1.29 is 9.18 Å². The van der Waals surface area contributed by atoms with Crippen LogP contribution in [-0.2, 0) is 4.79 Å². The number of halogens is 1. The largest absolute Gasteiger partial charge is 0.353 e. The Hall–Kier alpha value is -4.30. The van der Waals surface area contributed by atoms with Gasteiger partial charge in [-0.3, -0.25) is 14.9 Å². The number of hydrogen-bond donors (Lipinski definition) is 3. The monoisotopic (exact) mass is 549 g/mol. The van der Waals surface area contributed by atoms with Gasteiger partial charge in [-0.2, -0.15) is 9.49 Å². The van der Waals surface area contributed by atoms with Gasteiger partial charge >= 0.3 is 0 Å². The van der Waals surface area contributed by atoms with E-state index in [1.54, 1.807) is 6.20 Å². The van der Waals surface area contributed by atoms with E-state index in [0.29, 0.717) is 18.0 Å². The van der Waals surface area contributed by atoms with E-state index in [-0.39, 0.29) is 11.0 Å². The number of benzene rings is 2. The molecule has 4 heterocycles. The highest BCUT2D eigenvalue weighted by atomic mass is 32.1. The minimum atomic E-state index is -0.198. The van der Waals surface area contributed by atoms with Crippen molar-refractivity contribution >= 4 is 44.7 Å². The Morgan fingerprint density at radius 3 is 2.70 bits per heavy atom. The molecule has 3 N–H and O–H groups in total. The topological polar surface area (TPSA) is 86.5 Å². The van der Waals surface area contributed by atoms with Crippen LogP contribution >= 0.6 is 11.3 Å². The molecule has 200 valence electrons. The van der Waals surface area contributed by atoms with Gasteiger partial charge in [-0.15, -0.1) is 11.3 Å². The molecule has 6 nitrogen and oxygen atoms in total. The van der Waals surface area contributed by atoms with Crippen LogP contribution in [0.15, 0.2) is 73.1 Å². The number of nitrogens with zero attached hydrogens (tertiary/aromatic N) is 2. The van der Waals surface area contributed by atoms with E-state index in [1.165, 1.54) is 25.3 Å². The number of amides is 1. The number of carbonyl (C=O) groups excluding carboxylic acids is 1. The van der Waals surface area contributed by atoms with Gasteiger partial charge in [0, 0.05) is 44.9 Å². The average molecular weight is 550 g/mol. The Morgan fingerprint density at radius 1 is 0.950 bits per heavy atom. The molecule has 0 radical (unpaired) electrons. The van der Waals surface area contributed by atoms with Crippen LogP contribution in [0.1, 0.15) is 38.5 Å². The molecule has 0 atom stereocenters. The maximum Gasteiger partial charge on any atom is 0.224 e. The predicted octanol–water partition coefficient (Wildman–Crippen LogP) is 8.55. The van der Waals surface area contributed by atoms with Gasteiger partial charge in [-0.25, -0.2) is 0 Å². The molecule has 6 aromatic rings. The first kappa shape index (κ1) is 24.7. The zero-order valence-corrected chi connectivity index (χ0v) is 22.7. The van der Waals surface area contributed by atoms with Gasteiger partial charge in [0.1, 0.15) is 5.69 Å². The van der Waals surface area contributed by atoms with Crippen LogP contribution in [0, 0.1) is 11.0 Å². The highest BCUT2D eigenvalue weighted by Gasteiger charge is 2.18. The number of rotatable bonds is 6. The summed E-state index contributed by atoms with van der Waals surface area (Å²) in [5.74, 6) is 0.542. The molecule has 0 spiro atoms. The third-order valence-electron chi connectivity index (χ3n) is 7.87. The average Bonchev–Trinajstić information content (AvgIpc) is 3.71. The summed E-state index contributed by atoms with van der Waals surface area (Å²) in [6.45, 7) is 0. The fourth-order valence-corrected chi connectivity index (χ4v) is 6.66. The van der Waals surface area contributed by atoms with Crippen LogP contribution in [-0.4, -0.2) is 26.1 Å². The van der Waals surface area contributed by atoms with Crippen molar-refractivity contribution in [2.75, 3.05) is 5.32 Å². The standard InChI is InChI=1S/C32H28FN5OS/c33-30-12-11-29(40-30)23-7-4-8-26-24(23)16-28(36-26)32-25-15-20(9-10-27(25)37-38-32)21-14-22(18-34-17-21)35-31(39)13-19-5-2-1-3-6-19/h4,7-12,14-19,36H,1-3,5-6,13H2,(H,35,39)(H,37,38). The van der Waals surface area contributed by atoms with Crippen molar-refractivity contribution in [1.82, 2.24) is 20.2 Å². The summed E-state index contributed by atoms with van der Waals surface area (Å²) < 4.78 is 13.7. The molecular formula is C32H28FN5OS. The molecule has 1 saturated carbocycles. The number of pyridine rings is 1. The highest BCUT2D eigenvalue weighted by Crippen LogP contribution is 2.37. The van der Waals surface area contributed by atoms with E-state index < -0.39 is 0 Å². The highest BCUT2D eigenvalue weighted by molar-refractivity contribution is 7.14. The number of H-pyrrole nitrogens is 2. The lowest BCUT2D eigenvalue weighted by molar-refractivity contribution is -0.117. The van der Waals surface area contributed by atoms with Gasteiger partial charge < -0.3 is 10.3 Å². The van der Waals surface area contributed by atoms with Crippen molar-refractivity contribution in [1.29, 1.82) is 0 Å². The fraction of sp³-hybridized carbons (Fsp3) is 0.219. The molecule has 2 aromatic carbocycles. The Bertz CT molecular complexity index is 1840. The summed E-state index contributed by atoms with van der Waals surface area (Å²) in [6, 6.07) is 19.5. The van der Waals surface area contributed by atoms with Crippen LogP contribution in [0.25, 0.3) is 54.8 Å². The van der Waals surface area contributed by atoms with Gasteiger partial charge in [0.25, 0.3) is 0 Å². The first-order chi connectivity index (χ1) is 19.6. The van der Waals surface area contributed by atoms with Crippen molar-refractivity contribution in [3.63, 3.8) is 0 Å². The quantitative estimate of drug-likeness (QED) is 0.195. The molecule has 0 aliphatic heterocycles. The summed E-state index contributed by atoms with van der Waals surface area (Å²) in [5, 5.41) is 12.6. The molecule has 1 amide bonds. The lowest BCUT2D eigenvalue weighted by atomic mass is 9.87. The van der Waals surface area contributed by atoms with Crippen molar-refractivity contribution in [3.8, 4) is 33.0 Å². The Balaban J connectivity index is 1.19. The first-order valence-electron chi connectivity index (χ1n) is 13.7. The molecule has 0 unspecified atom stereocenters. The van der Waals surface area contributed by atoms with Gasteiger partial charge in [-0.1, -0.05) is 37.5 Å². The molecule has 1 fully saturated rings. The third kappa shape index (κ3) is 4.79. The zero-order chi connectivity index (χ0) is 27.1. The smallest absolute Gasteiger partial charge is 0.224 e. The Labute approximate surface area is 234 Å². The van der Waals surface area contributed by atoms with Gasteiger partial charge in [0.2, 0.25) is 5.91 Å². The van der Waals surface area contributed by atoms with Gasteiger partial charge in [0.15, 0.2) is 5.13 Å². The Kier molecular flexibility index (Phi) is 6.40. The van der Waals surface area contributed by atoms with E-state index in [2.05, 4.69) is 37.6 Å². The summed E-state index contributed by atoms with van der Waals surface area (Å²) >= 11 is 1.14. The molecule has 8 heteroatoms. The summed E-state index contributed by atoms with van der Waals surface area (Å²) in [5.41, 5.74) is 7.17. The number of aromatic nitrogens is 4. The number of nitrogens with one attached hydrogen (secondary N) is 3. The van der Waals surface area contributed by atoms with Crippen LogP contribution in [0.5, 0.6) is 0 Å². The normalized spacial score (nSPS) is 14.2. The second kappa shape index (κ2) is 10.4. The Morgan fingerprint density at radius 2 is 1.85 bits per heavy atom. The van der Waals surface area contributed by atoms with Crippen LogP contribution < -0.4 is 5.32 Å². The first-order valence-corrected chi connectivity index (χ1v) is 14.5. The number of aromatic amines is 2. The lowest BCUT2D eigenvalue weighted by Gasteiger charge is -2.20. The van der Waals surface area contributed by atoms with E-state index in [4.69, 9.17) is 0 Å². The second-order valence-electron chi connectivity index (χ2n) is 10.6. The van der Waals surface area contributed by atoms with E-state index in [1.807, 2.05) is 48.7 Å². The lowest BCUT2D eigenvalue weighted by Crippen LogP contribution is -2.18. The van der Waals surface area contributed by atoms with Crippen LogP contribution in [0.4, 0.5) is 10.1 Å². The molecule has 1 aliphatic carbocycles. The minimum Gasteiger partial charge on any atom is -0.353 e. The van der Waals surface area contributed by atoms with E-state index in [9.17, 15) is 9.18 Å². The zero-order valence-electron chi connectivity index (χ0n) is 21.8. The van der Waals surface area contributed by atoms with Crippen molar-refractivity contribution in [3.05, 3.63) is 78.2 Å². The second-order valence-corrected chi connectivity index (χ2v) is 11.6. The van der Waals surface area contributed by atoms with Gasteiger partial charge in [-0.05, 0) is 66.8 Å². The fourth-order valence-electron chi connectivity index (χ4n) is 5.89. The number of thiophene rings is 1. The van der Waals surface area contributed by atoms with Crippen molar-refractivity contribution in [2.24, 2.45) is 5.92 Å². The summed E-state index contributed by atoms with van der Waals surface area (Å²) in [4.78, 5) is 21.5. The molecule has 7 rings (SSSR count). The maximum absolute atomic E-state index is 13.7. The number of anilines is 1. The molecule has 4 aromatic heterocycles. The SMILES string of the molecule is O=C(CC1CCCCC1)Nc1cncc(-c2ccc3[nH]nc(-c4cc5c(-c6ccc(F)s6)cccc5[nH]4)c3c2)c1. The van der Waals surface area contributed by atoms with E-state index >= 15 is 0 Å². The van der Waals surface area contributed by atoms with Gasteiger partial charge in [0.05, 0.1) is 23.1 Å². The molecular weight excluding hydrogens is 521 g/mol. The predicted molar refractivity (Wildman–Crippen MR) is 160 cm³/mol.